The Kier molecular flexibility index (Phi) is 5.68. The number of carbonyl (C=O) groups is 2. The molecule has 1 aliphatic heterocycles. The molecule has 7 heteroatoms. The number of nitrogens with one attached hydrogen (secondary N) is 3. The summed E-state index contributed by atoms with van der Waals surface area (Å²) < 4.78 is 0. The van der Waals surface area contributed by atoms with Gasteiger partial charge in [-0.05, 0) is 72.3 Å². The Morgan fingerprint density at radius 3 is 2.65 bits per heavy atom. The third kappa shape index (κ3) is 4.04. The number of benzene rings is 2. The fraction of sp³-hybridized carbons (Fsp3) is 0.500. The summed E-state index contributed by atoms with van der Waals surface area (Å²) in [6, 6.07) is 14.6. The van der Waals surface area contributed by atoms with Crippen molar-refractivity contribution in [1.82, 2.24) is 15.5 Å². The van der Waals surface area contributed by atoms with Crippen molar-refractivity contribution in [2.75, 3.05) is 0 Å². The Balaban J connectivity index is 1.28. The van der Waals surface area contributed by atoms with Gasteiger partial charge in [-0.25, -0.2) is 0 Å². The fourth-order valence-electron chi connectivity index (χ4n) is 6.72. The molecule has 6 rings (SSSR count). The van der Waals surface area contributed by atoms with Gasteiger partial charge in [0.15, 0.2) is 5.96 Å². The van der Waals surface area contributed by atoms with Crippen molar-refractivity contribution in [2.24, 2.45) is 23.7 Å². The van der Waals surface area contributed by atoms with Crippen LogP contribution in [0.25, 0.3) is 0 Å². The van der Waals surface area contributed by atoms with E-state index in [0.29, 0.717) is 30.2 Å². The van der Waals surface area contributed by atoms with Crippen LogP contribution in [-0.4, -0.2) is 39.4 Å². The van der Waals surface area contributed by atoms with Crippen LogP contribution in [0.2, 0.25) is 0 Å². The maximum absolute atomic E-state index is 13.5. The number of hydrogen-bond donors (Lipinski definition) is 4. The predicted octanol–water partition coefficient (Wildman–Crippen LogP) is 3.94. The van der Waals surface area contributed by atoms with Crippen molar-refractivity contribution >= 4 is 17.8 Å². The van der Waals surface area contributed by atoms with Gasteiger partial charge < -0.3 is 15.7 Å². The number of aliphatic hydroxyl groups is 1. The molecule has 2 aromatic carbocycles. The molecule has 4 aliphatic rings. The number of fused-ring (bicyclic) bond motifs is 2. The molecule has 7 nitrogen and oxygen atoms in total. The van der Waals surface area contributed by atoms with Crippen LogP contribution in [0.1, 0.15) is 79.2 Å². The summed E-state index contributed by atoms with van der Waals surface area (Å²) in [6.45, 7) is 6.16. The van der Waals surface area contributed by atoms with Gasteiger partial charge in [0.05, 0.1) is 24.6 Å². The number of guanidine groups is 1. The highest BCUT2D eigenvalue weighted by Gasteiger charge is 2.58. The molecule has 0 bridgehead atoms. The summed E-state index contributed by atoms with van der Waals surface area (Å²) in [5, 5.41) is 25.8. The molecule has 3 aliphatic carbocycles. The van der Waals surface area contributed by atoms with Gasteiger partial charge in [0.25, 0.3) is 5.91 Å². The molecule has 3 fully saturated rings. The van der Waals surface area contributed by atoms with Crippen molar-refractivity contribution in [3.63, 3.8) is 0 Å². The molecule has 0 aromatic heterocycles. The average Bonchev–Trinajstić information content (AvgIpc) is 3.39. The van der Waals surface area contributed by atoms with Gasteiger partial charge in [-0.15, -0.1) is 0 Å². The third-order valence-electron chi connectivity index (χ3n) is 9.47. The predicted molar refractivity (Wildman–Crippen MR) is 141 cm³/mol. The van der Waals surface area contributed by atoms with E-state index in [4.69, 9.17) is 5.41 Å². The summed E-state index contributed by atoms with van der Waals surface area (Å²) in [6.07, 6.45) is 2.44. The molecule has 2 aromatic rings. The zero-order valence-electron chi connectivity index (χ0n) is 21.7. The van der Waals surface area contributed by atoms with Crippen molar-refractivity contribution < 1.29 is 14.7 Å². The number of aliphatic hydroxyl groups excluding tert-OH is 1. The van der Waals surface area contributed by atoms with E-state index in [-0.39, 0.29) is 29.7 Å². The monoisotopic (exact) mass is 500 g/mol. The topological polar surface area (TPSA) is 106 Å². The highest BCUT2D eigenvalue weighted by molar-refractivity contribution is 6.00. The molecule has 194 valence electrons. The number of amides is 2. The van der Waals surface area contributed by atoms with Gasteiger partial charge in [0, 0.05) is 17.5 Å². The fourth-order valence-corrected chi connectivity index (χ4v) is 6.72. The van der Waals surface area contributed by atoms with E-state index in [1.807, 2.05) is 49.4 Å². The van der Waals surface area contributed by atoms with Crippen LogP contribution in [0.3, 0.4) is 0 Å². The van der Waals surface area contributed by atoms with E-state index < -0.39 is 17.7 Å². The SMILES string of the molecule is CC(C)[C@]1(C)CC(=O)N(C(c2cccc(C(=O)NC3c4ccccc4C[C@H]3O)c2)[C@@H]2CC3CC32)C(=N)N1. The van der Waals surface area contributed by atoms with Gasteiger partial charge in [0.2, 0.25) is 5.91 Å². The number of hydrogen-bond acceptors (Lipinski definition) is 4. The lowest BCUT2D eigenvalue weighted by molar-refractivity contribution is -0.134. The molecule has 0 spiro atoms. The lowest BCUT2D eigenvalue weighted by Gasteiger charge is -2.48. The molecule has 1 saturated heterocycles. The normalized spacial score (nSPS) is 32.8. The first-order valence-corrected chi connectivity index (χ1v) is 13.5. The lowest BCUT2D eigenvalue weighted by atomic mass is 9.75. The highest BCUT2D eigenvalue weighted by atomic mass is 16.3. The van der Waals surface area contributed by atoms with Crippen molar-refractivity contribution in [3.8, 4) is 0 Å². The van der Waals surface area contributed by atoms with E-state index in [2.05, 4.69) is 24.5 Å². The highest BCUT2D eigenvalue weighted by Crippen LogP contribution is 2.64. The molecule has 4 N–H and O–H groups in total. The third-order valence-corrected chi connectivity index (χ3v) is 9.47. The van der Waals surface area contributed by atoms with E-state index in [9.17, 15) is 14.7 Å². The zero-order chi connectivity index (χ0) is 26.1. The number of rotatable bonds is 6. The maximum Gasteiger partial charge on any atom is 0.251 e. The number of nitrogens with zero attached hydrogens (tertiary/aromatic N) is 1. The zero-order valence-corrected chi connectivity index (χ0v) is 21.7. The molecule has 2 saturated carbocycles. The van der Waals surface area contributed by atoms with Gasteiger partial charge in [-0.3, -0.25) is 19.9 Å². The van der Waals surface area contributed by atoms with E-state index in [0.717, 1.165) is 29.0 Å². The van der Waals surface area contributed by atoms with Gasteiger partial charge in [-0.2, -0.15) is 0 Å². The second kappa shape index (κ2) is 8.69. The average molecular weight is 501 g/mol. The first kappa shape index (κ1) is 24.2. The molecule has 2 amide bonds. The summed E-state index contributed by atoms with van der Waals surface area (Å²) in [4.78, 5) is 28.6. The minimum atomic E-state index is -0.660. The minimum Gasteiger partial charge on any atom is -0.390 e. The van der Waals surface area contributed by atoms with E-state index in [1.54, 1.807) is 11.0 Å². The maximum atomic E-state index is 13.5. The van der Waals surface area contributed by atoms with Crippen LogP contribution in [0.15, 0.2) is 48.5 Å². The number of carbonyl (C=O) groups excluding carboxylic acids is 2. The van der Waals surface area contributed by atoms with Crippen LogP contribution in [0.5, 0.6) is 0 Å². The van der Waals surface area contributed by atoms with Crippen LogP contribution in [-0.2, 0) is 11.2 Å². The molecule has 0 radical (unpaired) electrons. The second-order valence-electron chi connectivity index (χ2n) is 12.0. The van der Waals surface area contributed by atoms with Crippen molar-refractivity contribution in [3.05, 3.63) is 70.8 Å². The molecule has 4 unspecified atom stereocenters. The Labute approximate surface area is 218 Å². The molecule has 1 heterocycles. The Hall–Kier alpha value is -3.19. The summed E-state index contributed by atoms with van der Waals surface area (Å²) in [5.74, 6) is 1.71. The Morgan fingerprint density at radius 2 is 1.97 bits per heavy atom. The van der Waals surface area contributed by atoms with E-state index >= 15 is 0 Å². The first-order valence-electron chi connectivity index (χ1n) is 13.5. The first-order chi connectivity index (χ1) is 17.7. The molecule has 7 atom stereocenters. The van der Waals surface area contributed by atoms with Crippen LogP contribution >= 0.6 is 0 Å². The quantitative estimate of drug-likeness (QED) is 0.482. The molecular weight excluding hydrogens is 464 g/mol. The van der Waals surface area contributed by atoms with Crippen molar-refractivity contribution in [2.45, 2.75) is 70.2 Å². The van der Waals surface area contributed by atoms with Crippen LogP contribution in [0, 0.1) is 29.1 Å². The Morgan fingerprint density at radius 1 is 1.19 bits per heavy atom. The standard InChI is InChI=1S/C30H36N4O3/c1-16(2)30(3)15-25(36)34(29(31)33-30)27(23-13-20-12-22(20)23)18-8-6-9-19(11-18)28(37)32-26-21-10-5-4-7-17(21)14-24(26)35/h4-11,16,20,22-24,26-27,35H,12-15H2,1-3H3,(H2,31,33)(H,32,37)/t20?,22?,23-,24-,26?,27?,30+/m1/s1. The minimum absolute atomic E-state index is 0.0328. The van der Waals surface area contributed by atoms with Gasteiger partial charge >= 0.3 is 0 Å². The summed E-state index contributed by atoms with van der Waals surface area (Å²) >= 11 is 0. The largest absolute Gasteiger partial charge is 0.390 e. The summed E-state index contributed by atoms with van der Waals surface area (Å²) in [5.41, 5.74) is 2.96. The smallest absolute Gasteiger partial charge is 0.251 e. The Bertz CT molecular complexity index is 1250. The molecule has 37 heavy (non-hydrogen) atoms. The molecular formula is C30H36N4O3. The lowest BCUT2D eigenvalue weighted by Crippen LogP contribution is -2.64. The van der Waals surface area contributed by atoms with Gasteiger partial charge in [0.1, 0.15) is 0 Å². The van der Waals surface area contributed by atoms with E-state index in [1.165, 1.54) is 6.42 Å². The van der Waals surface area contributed by atoms with Gasteiger partial charge in [-0.1, -0.05) is 50.2 Å². The van der Waals surface area contributed by atoms with Crippen LogP contribution < -0.4 is 10.6 Å². The van der Waals surface area contributed by atoms with Crippen LogP contribution in [0.4, 0.5) is 0 Å². The summed E-state index contributed by atoms with van der Waals surface area (Å²) in [7, 11) is 0. The second-order valence-corrected chi connectivity index (χ2v) is 12.0. The van der Waals surface area contributed by atoms with Crippen molar-refractivity contribution in [1.29, 1.82) is 5.41 Å².